The average Bonchev–Trinajstić information content (AvgIpc) is 3.07. The summed E-state index contributed by atoms with van der Waals surface area (Å²) in [6.07, 6.45) is -1.27. The maximum atomic E-state index is 13.4. The minimum absolute atomic E-state index is 0.0460. The second-order valence-corrected chi connectivity index (χ2v) is 7.26. The van der Waals surface area contributed by atoms with Crippen molar-refractivity contribution in [2.24, 2.45) is 0 Å². The lowest BCUT2D eigenvalue weighted by molar-refractivity contribution is -0.138. The van der Waals surface area contributed by atoms with Gasteiger partial charge in [0.2, 0.25) is 0 Å². The van der Waals surface area contributed by atoms with E-state index in [0.29, 0.717) is 6.20 Å². The van der Waals surface area contributed by atoms with Crippen molar-refractivity contribution in [1.29, 1.82) is 0 Å². The van der Waals surface area contributed by atoms with E-state index in [9.17, 15) is 31.5 Å². The molecule has 12 heteroatoms. The Morgan fingerprint density at radius 3 is 2.50 bits per heavy atom. The van der Waals surface area contributed by atoms with E-state index in [1.807, 2.05) is 0 Å². The topological polar surface area (TPSA) is 96.1 Å². The van der Waals surface area contributed by atoms with Gasteiger partial charge in [-0.25, -0.2) is 8.78 Å². The molecule has 1 aliphatic carbocycles. The van der Waals surface area contributed by atoms with Crippen molar-refractivity contribution in [2.75, 3.05) is 5.32 Å². The first-order valence-electron chi connectivity index (χ1n) is 9.37. The average molecular weight is 454 g/mol. The van der Waals surface area contributed by atoms with Crippen LogP contribution in [0.5, 0.6) is 5.75 Å². The van der Waals surface area contributed by atoms with Gasteiger partial charge in [-0.15, -0.1) is 0 Å². The van der Waals surface area contributed by atoms with Gasteiger partial charge in [-0.3, -0.25) is 14.6 Å². The van der Waals surface area contributed by atoms with Crippen molar-refractivity contribution in [3.05, 3.63) is 54.0 Å². The molecular weight excluding hydrogens is 439 g/mol. The van der Waals surface area contributed by atoms with E-state index >= 15 is 0 Å². The summed E-state index contributed by atoms with van der Waals surface area (Å²) >= 11 is 0. The summed E-state index contributed by atoms with van der Waals surface area (Å²) < 4.78 is 70.3. The number of H-pyrrole nitrogens is 1. The second-order valence-electron chi connectivity index (χ2n) is 7.26. The van der Waals surface area contributed by atoms with Crippen LogP contribution < -0.4 is 15.4 Å². The van der Waals surface area contributed by atoms with Crippen LogP contribution in [0.4, 0.5) is 27.6 Å². The molecule has 0 radical (unpaired) electrons. The van der Waals surface area contributed by atoms with Crippen molar-refractivity contribution < 1.29 is 36.3 Å². The normalized spacial score (nSPS) is 18.2. The number of pyridine rings is 1. The minimum atomic E-state index is -4.54. The molecule has 4 rings (SSSR count). The van der Waals surface area contributed by atoms with E-state index in [0.717, 1.165) is 24.4 Å². The highest BCUT2D eigenvalue weighted by Gasteiger charge is 2.35. The number of carbonyl (C=O) groups is 2. The van der Waals surface area contributed by atoms with E-state index in [-0.39, 0.29) is 35.2 Å². The van der Waals surface area contributed by atoms with Gasteiger partial charge in [-0.2, -0.15) is 13.2 Å². The highest BCUT2D eigenvalue weighted by Crippen LogP contribution is 2.32. The molecule has 1 aromatic carbocycles. The molecule has 0 bridgehead atoms. The predicted molar refractivity (Wildman–Crippen MR) is 102 cm³/mol. The molecule has 0 saturated heterocycles. The Morgan fingerprint density at radius 2 is 1.78 bits per heavy atom. The van der Waals surface area contributed by atoms with Crippen LogP contribution in [0.2, 0.25) is 0 Å². The molecule has 0 spiro atoms. The number of nitrogens with zero attached hydrogens (tertiary/aromatic N) is 1. The van der Waals surface area contributed by atoms with Gasteiger partial charge in [0.1, 0.15) is 11.9 Å². The van der Waals surface area contributed by atoms with E-state index in [2.05, 4.69) is 20.6 Å². The molecule has 2 aromatic heterocycles. The number of alkyl halides is 3. The first kappa shape index (κ1) is 21.5. The Balaban J connectivity index is 1.29. The number of aromatic amines is 1. The molecule has 1 fully saturated rings. The molecule has 0 aliphatic heterocycles. The molecule has 7 nitrogen and oxygen atoms in total. The van der Waals surface area contributed by atoms with Crippen LogP contribution in [-0.4, -0.2) is 33.9 Å². The van der Waals surface area contributed by atoms with Crippen molar-refractivity contribution >= 4 is 28.4 Å². The van der Waals surface area contributed by atoms with Gasteiger partial charge in [0, 0.05) is 42.7 Å². The van der Waals surface area contributed by atoms with E-state index in [1.54, 1.807) is 0 Å². The lowest BCUT2D eigenvalue weighted by Crippen LogP contribution is -2.51. The molecule has 0 unspecified atom stereocenters. The van der Waals surface area contributed by atoms with Gasteiger partial charge < -0.3 is 20.4 Å². The summed E-state index contributed by atoms with van der Waals surface area (Å²) in [6, 6.07) is 2.24. The summed E-state index contributed by atoms with van der Waals surface area (Å²) in [5, 5.41) is 4.99. The molecule has 32 heavy (non-hydrogen) atoms. The minimum Gasteiger partial charge on any atom is -0.489 e. The van der Waals surface area contributed by atoms with Gasteiger partial charge in [0.05, 0.1) is 23.0 Å². The number of hydrogen-bond acceptors (Lipinski definition) is 4. The molecule has 168 valence electrons. The third-order valence-corrected chi connectivity index (χ3v) is 4.95. The fraction of sp³-hybridized carbons (Fsp3) is 0.250. The van der Waals surface area contributed by atoms with Gasteiger partial charge in [0.25, 0.3) is 0 Å². The highest BCUT2D eigenvalue weighted by molar-refractivity contribution is 6.40. The summed E-state index contributed by atoms with van der Waals surface area (Å²) in [4.78, 5) is 30.4. The Bertz CT molecular complexity index is 1190. The number of rotatable bonds is 4. The third kappa shape index (κ3) is 4.48. The van der Waals surface area contributed by atoms with E-state index < -0.39 is 47.3 Å². The fourth-order valence-corrected chi connectivity index (χ4v) is 3.26. The van der Waals surface area contributed by atoms with Crippen molar-refractivity contribution in [2.45, 2.75) is 31.2 Å². The fourth-order valence-electron chi connectivity index (χ4n) is 3.26. The molecule has 0 atom stereocenters. The monoisotopic (exact) mass is 454 g/mol. The number of aromatic nitrogens is 2. The zero-order chi connectivity index (χ0) is 23.0. The van der Waals surface area contributed by atoms with Crippen LogP contribution >= 0.6 is 0 Å². The first-order valence-corrected chi connectivity index (χ1v) is 9.37. The van der Waals surface area contributed by atoms with Gasteiger partial charge in [-0.1, -0.05) is 0 Å². The lowest BCUT2D eigenvalue weighted by atomic mass is 9.89. The quantitative estimate of drug-likeness (QED) is 0.415. The van der Waals surface area contributed by atoms with Crippen LogP contribution in [-0.2, 0) is 15.8 Å². The van der Waals surface area contributed by atoms with Gasteiger partial charge in [0.15, 0.2) is 11.6 Å². The largest absolute Gasteiger partial charge is 0.489 e. The number of anilines is 1. The summed E-state index contributed by atoms with van der Waals surface area (Å²) in [7, 11) is 0. The zero-order valence-corrected chi connectivity index (χ0v) is 16.1. The Labute approximate surface area is 177 Å². The smallest absolute Gasteiger partial charge is 0.418 e. The molecule has 2 heterocycles. The molecule has 2 amide bonds. The van der Waals surface area contributed by atoms with Crippen LogP contribution in [0.1, 0.15) is 18.4 Å². The van der Waals surface area contributed by atoms with Crippen LogP contribution in [0, 0.1) is 11.6 Å². The Hall–Kier alpha value is -3.70. The summed E-state index contributed by atoms with van der Waals surface area (Å²) in [5.41, 5.74) is -0.593. The van der Waals surface area contributed by atoms with E-state index in [4.69, 9.17) is 4.74 Å². The van der Waals surface area contributed by atoms with Crippen molar-refractivity contribution in [3.63, 3.8) is 0 Å². The summed E-state index contributed by atoms with van der Waals surface area (Å²) in [6.45, 7) is 0. The van der Waals surface area contributed by atoms with Crippen molar-refractivity contribution in [3.8, 4) is 5.75 Å². The lowest BCUT2D eigenvalue weighted by Gasteiger charge is -2.35. The van der Waals surface area contributed by atoms with Crippen LogP contribution in [0.25, 0.3) is 10.9 Å². The maximum Gasteiger partial charge on any atom is 0.418 e. The van der Waals surface area contributed by atoms with Crippen LogP contribution in [0.3, 0.4) is 0 Å². The Morgan fingerprint density at radius 1 is 1.06 bits per heavy atom. The SMILES string of the molecule is O=C(Nc1c[nH]c2cc(F)c(F)cc12)C(=O)N[C@H]1C[C@H](Oc2cncc(C(F)(F)F)c2)C1. The maximum absolute atomic E-state index is 13.4. The molecule has 3 N–H and O–H groups in total. The number of fused-ring (bicyclic) bond motifs is 1. The predicted octanol–water partition coefficient (Wildman–Crippen LogP) is 3.52. The highest BCUT2D eigenvalue weighted by atomic mass is 19.4. The third-order valence-electron chi connectivity index (χ3n) is 4.95. The molecule has 1 saturated carbocycles. The molecule has 1 aliphatic rings. The van der Waals surface area contributed by atoms with Gasteiger partial charge in [-0.05, 0) is 12.1 Å². The second kappa shape index (κ2) is 8.09. The summed E-state index contributed by atoms with van der Waals surface area (Å²) in [5.74, 6) is -4.17. The zero-order valence-electron chi connectivity index (χ0n) is 16.1. The van der Waals surface area contributed by atoms with Gasteiger partial charge >= 0.3 is 18.0 Å². The molecular formula is C20H15F5N4O3. The number of halogens is 5. The first-order chi connectivity index (χ1) is 15.1. The van der Waals surface area contributed by atoms with Crippen molar-refractivity contribution in [1.82, 2.24) is 15.3 Å². The molecule has 3 aromatic rings. The number of amides is 2. The van der Waals surface area contributed by atoms with E-state index in [1.165, 1.54) is 6.20 Å². The number of nitrogens with one attached hydrogen (secondary N) is 3. The number of benzene rings is 1. The van der Waals surface area contributed by atoms with Crippen LogP contribution in [0.15, 0.2) is 36.8 Å². The number of ether oxygens (including phenoxy) is 1. The Kier molecular flexibility index (Phi) is 5.45. The number of carbonyl (C=O) groups excluding carboxylic acids is 2. The standard InChI is InChI=1S/C20H15F5N4O3/c21-14-4-13-16(5-15(14)22)27-8-17(13)29-19(31)18(30)28-10-2-11(3-10)32-12-1-9(6-26-7-12)20(23,24)25/h1,4-8,10-11,27H,2-3H2,(H,28,30)(H,29,31)/t10-,11-. The number of hydrogen-bond donors (Lipinski definition) is 3.